The van der Waals surface area contributed by atoms with Crippen LogP contribution in [0.2, 0.25) is 0 Å². The summed E-state index contributed by atoms with van der Waals surface area (Å²) in [6.45, 7) is 2.92. The zero-order valence-corrected chi connectivity index (χ0v) is 13.0. The minimum Gasteiger partial charge on any atom is -0.497 e. The van der Waals surface area contributed by atoms with Crippen LogP contribution < -0.4 is 10.5 Å². The van der Waals surface area contributed by atoms with Crippen LogP contribution >= 0.6 is 0 Å². The van der Waals surface area contributed by atoms with Crippen molar-refractivity contribution in [2.45, 2.75) is 51.1 Å². The summed E-state index contributed by atoms with van der Waals surface area (Å²) >= 11 is 0. The zero-order chi connectivity index (χ0) is 15.2. The largest absolute Gasteiger partial charge is 0.497 e. The van der Waals surface area contributed by atoms with Crippen LogP contribution in [0.1, 0.15) is 50.6 Å². The quantitative estimate of drug-likeness (QED) is 0.876. The summed E-state index contributed by atoms with van der Waals surface area (Å²) in [5, 5.41) is 0. The molecule has 0 bridgehead atoms. The number of nitrogens with two attached hydrogens (primary N) is 1. The lowest BCUT2D eigenvalue weighted by atomic mass is 10.0. The molecule has 1 fully saturated rings. The van der Waals surface area contributed by atoms with Crippen LogP contribution in [0.4, 0.5) is 0 Å². The molecule has 1 amide bonds. The standard InChI is InChI=1S/C17H26N2O2/c1-3-4-9-15(18)17(20)19-11-6-10-16(19)13-7-5-8-14(12-13)21-2/h5,7-8,12,15-16H,3-4,6,9-11,18H2,1-2H3. The fraction of sp³-hybridized carbons (Fsp3) is 0.588. The highest BCUT2D eigenvalue weighted by molar-refractivity contribution is 5.82. The second-order valence-electron chi connectivity index (χ2n) is 5.71. The zero-order valence-electron chi connectivity index (χ0n) is 13.0. The Morgan fingerprint density at radius 2 is 2.33 bits per heavy atom. The van der Waals surface area contributed by atoms with Gasteiger partial charge in [-0.1, -0.05) is 31.9 Å². The van der Waals surface area contributed by atoms with Crippen LogP contribution in [0.5, 0.6) is 5.75 Å². The topological polar surface area (TPSA) is 55.6 Å². The lowest BCUT2D eigenvalue weighted by Crippen LogP contribution is -2.43. The minimum absolute atomic E-state index is 0.0915. The summed E-state index contributed by atoms with van der Waals surface area (Å²) in [5.41, 5.74) is 7.21. The van der Waals surface area contributed by atoms with Crippen LogP contribution in [0.25, 0.3) is 0 Å². The van der Waals surface area contributed by atoms with Gasteiger partial charge in [0.1, 0.15) is 5.75 Å². The predicted molar refractivity (Wildman–Crippen MR) is 84.2 cm³/mol. The summed E-state index contributed by atoms with van der Waals surface area (Å²) < 4.78 is 5.28. The number of nitrogens with zero attached hydrogens (tertiary/aromatic N) is 1. The Morgan fingerprint density at radius 1 is 1.52 bits per heavy atom. The first-order valence-corrected chi connectivity index (χ1v) is 7.87. The van der Waals surface area contributed by atoms with Crippen LogP contribution in [-0.4, -0.2) is 30.5 Å². The molecule has 21 heavy (non-hydrogen) atoms. The van der Waals surface area contributed by atoms with Crippen LogP contribution in [0.3, 0.4) is 0 Å². The SMILES string of the molecule is CCCCC(N)C(=O)N1CCCC1c1cccc(OC)c1. The second-order valence-corrected chi connectivity index (χ2v) is 5.71. The average Bonchev–Trinajstić information content (AvgIpc) is 3.01. The molecule has 1 aliphatic heterocycles. The third kappa shape index (κ3) is 3.76. The number of benzene rings is 1. The van der Waals surface area contributed by atoms with Gasteiger partial charge in [0, 0.05) is 6.54 Å². The third-order valence-corrected chi connectivity index (χ3v) is 4.20. The Labute approximate surface area is 127 Å². The number of ether oxygens (including phenoxy) is 1. The molecule has 0 spiro atoms. The number of methoxy groups -OCH3 is 1. The van der Waals surface area contributed by atoms with Gasteiger partial charge in [-0.3, -0.25) is 4.79 Å². The van der Waals surface area contributed by atoms with E-state index in [9.17, 15) is 4.79 Å². The van der Waals surface area contributed by atoms with Gasteiger partial charge in [0.15, 0.2) is 0 Å². The molecular formula is C17H26N2O2. The predicted octanol–water partition coefficient (Wildman–Crippen LogP) is 2.88. The number of hydrogen-bond acceptors (Lipinski definition) is 3. The van der Waals surface area contributed by atoms with Crippen LogP contribution in [0.15, 0.2) is 24.3 Å². The highest BCUT2D eigenvalue weighted by Gasteiger charge is 2.32. The van der Waals surface area contributed by atoms with Gasteiger partial charge in [0.2, 0.25) is 5.91 Å². The summed E-state index contributed by atoms with van der Waals surface area (Å²) in [6.07, 6.45) is 4.88. The van der Waals surface area contributed by atoms with Crippen molar-refractivity contribution in [3.63, 3.8) is 0 Å². The lowest BCUT2D eigenvalue weighted by molar-refractivity contribution is -0.133. The molecule has 4 nitrogen and oxygen atoms in total. The summed E-state index contributed by atoms with van der Waals surface area (Å²) in [4.78, 5) is 14.5. The Kier molecular flexibility index (Phi) is 5.62. The van der Waals surface area contributed by atoms with Crippen molar-refractivity contribution in [1.29, 1.82) is 0 Å². The molecule has 116 valence electrons. The normalized spacial score (nSPS) is 19.6. The van der Waals surface area contributed by atoms with Gasteiger partial charge in [-0.05, 0) is 37.0 Å². The van der Waals surface area contributed by atoms with E-state index in [0.29, 0.717) is 0 Å². The van der Waals surface area contributed by atoms with Crippen molar-refractivity contribution in [2.24, 2.45) is 5.73 Å². The van der Waals surface area contributed by atoms with E-state index in [4.69, 9.17) is 10.5 Å². The van der Waals surface area contributed by atoms with E-state index in [-0.39, 0.29) is 18.0 Å². The molecule has 1 aromatic carbocycles. The maximum absolute atomic E-state index is 12.6. The smallest absolute Gasteiger partial charge is 0.239 e. The van der Waals surface area contributed by atoms with Gasteiger partial charge in [-0.2, -0.15) is 0 Å². The fourth-order valence-corrected chi connectivity index (χ4v) is 2.99. The highest BCUT2D eigenvalue weighted by atomic mass is 16.5. The van der Waals surface area contributed by atoms with E-state index < -0.39 is 0 Å². The molecule has 2 unspecified atom stereocenters. The fourth-order valence-electron chi connectivity index (χ4n) is 2.99. The summed E-state index contributed by atoms with van der Waals surface area (Å²) in [6, 6.07) is 7.77. The van der Waals surface area contributed by atoms with Crippen molar-refractivity contribution < 1.29 is 9.53 Å². The Morgan fingerprint density at radius 3 is 3.05 bits per heavy atom. The molecule has 2 N–H and O–H groups in total. The van der Waals surface area contributed by atoms with E-state index in [1.807, 2.05) is 23.1 Å². The highest BCUT2D eigenvalue weighted by Crippen LogP contribution is 2.33. The first-order chi connectivity index (χ1) is 10.2. The molecule has 0 aromatic heterocycles. The van der Waals surface area contributed by atoms with Gasteiger partial charge in [-0.15, -0.1) is 0 Å². The van der Waals surface area contributed by atoms with E-state index in [2.05, 4.69) is 13.0 Å². The average molecular weight is 290 g/mol. The lowest BCUT2D eigenvalue weighted by Gasteiger charge is -2.28. The molecule has 0 radical (unpaired) electrons. The molecule has 4 heteroatoms. The molecule has 0 aliphatic carbocycles. The first-order valence-electron chi connectivity index (χ1n) is 7.87. The van der Waals surface area contributed by atoms with Crippen molar-refractivity contribution in [3.8, 4) is 5.75 Å². The summed E-state index contributed by atoms with van der Waals surface area (Å²) in [5.74, 6) is 0.927. The monoisotopic (exact) mass is 290 g/mol. The van der Waals surface area contributed by atoms with Crippen LogP contribution in [0, 0.1) is 0 Å². The van der Waals surface area contributed by atoms with E-state index >= 15 is 0 Å². The number of rotatable bonds is 6. The van der Waals surface area contributed by atoms with Gasteiger partial charge in [0.05, 0.1) is 19.2 Å². The maximum Gasteiger partial charge on any atom is 0.239 e. The van der Waals surface area contributed by atoms with Crippen LogP contribution in [-0.2, 0) is 4.79 Å². The molecule has 1 saturated heterocycles. The third-order valence-electron chi connectivity index (χ3n) is 4.20. The Hall–Kier alpha value is -1.55. The van der Waals surface area contributed by atoms with E-state index in [1.165, 1.54) is 0 Å². The van der Waals surface area contributed by atoms with Crippen molar-refractivity contribution in [1.82, 2.24) is 4.90 Å². The number of amides is 1. The molecule has 2 atom stereocenters. The van der Waals surface area contributed by atoms with Gasteiger partial charge in [-0.25, -0.2) is 0 Å². The first kappa shape index (κ1) is 15.8. The number of unbranched alkanes of at least 4 members (excludes halogenated alkanes) is 1. The van der Waals surface area contributed by atoms with E-state index in [1.54, 1.807) is 7.11 Å². The van der Waals surface area contributed by atoms with E-state index in [0.717, 1.165) is 50.0 Å². The molecule has 1 heterocycles. The number of likely N-dealkylation sites (tertiary alicyclic amines) is 1. The van der Waals surface area contributed by atoms with Crippen molar-refractivity contribution in [2.75, 3.05) is 13.7 Å². The van der Waals surface area contributed by atoms with Crippen molar-refractivity contribution in [3.05, 3.63) is 29.8 Å². The Bertz CT molecular complexity index is 476. The molecule has 1 aromatic rings. The molecule has 0 saturated carbocycles. The molecular weight excluding hydrogens is 264 g/mol. The molecule has 2 rings (SSSR count). The molecule has 1 aliphatic rings. The van der Waals surface area contributed by atoms with Crippen molar-refractivity contribution >= 4 is 5.91 Å². The van der Waals surface area contributed by atoms with Gasteiger partial charge >= 0.3 is 0 Å². The Balaban J connectivity index is 2.10. The number of carbonyl (C=O) groups is 1. The second kappa shape index (κ2) is 7.46. The van der Waals surface area contributed by atoms with Gasteiger partial charge in [0.25, 0.3) is 0 Å². The number of carbonyl (C=O) groups excluding carboxylic acids is 1. The summed E-state index contributed by atoms with van der Waals surface area (Å²) in [7, 11) is 1.66. The van der Waals surface area contributed by atoms with Gasteiger partial charge < -0.3 is 15.4 Å². The maximum atomic E-state index is 12.6. The minimum atomic E-state index is -0.365. The number of hydrogen-bond donors (Lipinski definition) is 1.